The van der Waals surface area contributed by atoms with E-state index in [9.17, 15) is 14.3 Å². The summed E-state index contributed by atoms with van der Waals surface area (Å²) in [5, 5.41) is 9.43. The molecule has 17 heavy (non-hydrogen) atoms. The Hall–Kier alpha value is -1.49. The van der Waals surface area contributed by atoms with Crippen molar-refractivity contribution in [2.24, 2.45) is 5.73 Å². The first-order chi connectivity index (χ1) is 8.04. The number of hydrogen-bond donors (Lipinski definition) is 2. The van der Waals surface area contributed by atoms with Crippen molar-refractivity contribution < 1.29 is 14.3 Å². The van der Waals surface area contributed by atoms with E-state index in [2.05, 4.69) is 4.98 Å². The number of carbonyl (C=O) groups is 1. The van der Waals surface area contributed by atoms with Gasteiger partial charge in [0.1, 0.15) is 5.82 Å². The molecule has 0 unspecified atom stereocenters. The van der Waals surface area contributed by atoms with Crippen molar-refractivity contribution >= 4 is 5.97 Å². The molecule has 1 heterocycles. The second kappa shape index (κ2) is 4.41. The summed E-state index contributed by atoms with van der Waals surface area (Å²) in [5.41, 5.74) is 5.20. The van der Waals surface area contributed by atoms with Gasteiger partial charge >= 0.3 is 5.97 Å². The van der Waals surface area contributed by atoms with Gasteiger partial charge in [-0.05, 0) is 37.3 Å². The fourth-order valence-corrected chi connectivity index (χ4v) is 2.43. The lowest BCUT2D eigenvalue weighted by atomic mass is 9.69. The van der Waals surface area contributed by atoms with Gasteiger partial charge in [-0.3, -0.25) is 9.78 Å². The Kier molecular flexibility index (Phi) is 3.11. The standard InChI is InChI=1S/C12H15FN2O2/c13-9-5-8(6-15-7-9)12(11(16)17)3-1-10(14)2-4-12/h5-7,10H,1-4,14H2,(H,16,17). The van der Waals surface area contributed by atoms with E-state index < -0.39 is 17.2 Å². The molecule has 4 nitrogen and oxygen atoms in total. The molecule has 1 saturated carbocycles. The van der Waals surface area contributed by atoms with Gasteiger partial charge in [-0.25, -0.2) is 4.39 Å². The molecule has 0 aromatic carbocycles. The minimum Gasteiger partial charge on any atom is -0.481 e. The number of hydrogen-bond acceptors (Lipinski definition) is 3. The molecule has 1 aliphatic rings. The Morgan fingerprint density at radius 2 is 2.12 bits per heavy atom. The molecule has 5 heteroatoms. The highest BCUT2D eigenvalue weighted by Gasteiger charge is 2.43. The van der Waals surface area contributed by atoms with Crippen LogP contribution < -0.4 is 5.73 Å². The van der Waals surface area contributed by atoms with Crippen LogP contribution in [-0.2, 0) is 10.2 Å². The summed E-state index contributed by atoms with van der Waals surface area (Å²) in [5.74, 6) is -1.42. The molecular weight excluding hydrogens is 223 g/mol. The molecule has 1 fully saturated rings. The normalized spacial score (nSPS) is 28.9. The lowest BCUT2D eigenvalue weighted by molar-refractivity contribution is -0.145. The Morgan fingerprint density at radius 3 is 2.65 bits per heavy atom. The molecule has 3 N–H and O–H groups in total. The van der Waals surface area contributed by atoms with Crippen molar-refractivity contribution in [1.29, 1.82) is 0 Å². The predicted molar refractivity (Wildman–Crippen MR) is 60.0 cm³/mol. The molecule has 0 saturated heterocycles. The molecule has 0 spiro atoms. The van der Waals surface area contributed by atoms with Gasteiger partial charge in [0, 0.05) is 12.2 Å². The zero-order valence-electron chi connectivity index (χ0n) is 9.40. The molecule has 2 rings (SSSR count). The van der Waals surface area contributed by atoms with Gasteiger partial charge in [0.15, 0.2) is 0 Å². The van der Waals surface area contributed by atoms with E-state index in [4.69, 9.17) is 5.73 Å². The van der Waals surface area contributed by atoms with Crippen LogP contribution in [0.25, 0.3) is 0 Å². The number of aromatic nitrogens is 1. The van der Waals surface area contributed by atoms with Crippen LogP contribution in [0.4, 0.5) is 4.39 Å². The lowest BCUT2D eigenvalue weighted by Crippen LogP contribution is -2.43. The highest BCUT2D eigenvalue weighted by molar-refractivity contribution is 5.81. The maximum Gasteiger partial charge on any atom is 0.314 e. The van der Waals surface area contributed by atoms with E-state index in [0.29, 0.717) is 31.2 Å². The Morgan fingerprint density at radius 1 is 1.47 bits per heavy atom. The highest BCUT2D eigenvalue weighted by Crippen LogP contribution is 2.39. The monoisotopic (exact) mass is 238 g/mol. The fraction of sp³-hybridized carbons (Fsp3) is 0.500. The van der Waals surface area contributed by atoms with Gasteiger partial charge in [-0.15, -0.1) is 0 Å². The molecule has 0 bridgehead atoms. The number of carboxylic acid groups (broad SMARTS) is 1. The molecule has 0 aliphatic heterocycles. The molecular formula is C12H15FN2O2. The van der Waals surface area contributed by atoms with Gasteiger partial charge in [-0.1, -0.05) is 0 Å². The summed E-state index contributed by atoms with van der Waals surface area (Å²) in [6, 6.07) is 1.31. The number of halogens is 1. The summed E-state index contributed by atoms with van der Waals surface area (Å²) in [6.45, 7) is 0. The van der Waals surface area contributed by atoms with Crippen molar-refractivity contribution in [3.8, 4) is 0 Å². The number of rotatable bonds is 2. The minimum atomic E-state index is -1.02. The number of pyridine rings is 1. The Bertz CT molecular complexity index is 428. The molecule has 1 aromatic heterocycles. The van der Waals surface area contributed by atoms with Crippen LogP contribution in [0.2, 0.25) is 0 Å². The Labute approximate surface area is 98.7 Å². The maximum absolute atomic E-state index is 13.2. The van der Waals surface area contributed by atoms with E-state index in [1.54, 1.807) is 0 Å². The van der Waals surface area contributed by atoms with E-state index in [0.717, 1.165) is 6.20 Å². The lowest BCUT2D eigenvalue weighted by Gasteiger charge is -2.35. The fourth-order valence-electron chi connectivity index (χ4n) is 2.43. The summed E-state index contributed by atoms with van der Waals surface area (Å²) in [6.07, 6.45) is 4.68. The number of nitrogens with zero attached hydrogens (tertiary/aromatic N) is 1. The van der Waals surface area contributed by atoms with Crippen LogP contribution in [0.1, 0.15) is 31.2 Å². The van der Waals surface area contributed by atoms with Crippen molar-refractivity contribution in [1.82, 2.24) is 4.98 Å². The van der Waals surface area contributed by atoms with Crippen LogP contribution in [0, 0.1) is 5.82 Å². The zero-order chi connectivity index (χ0) is 12.5. The third-order valence-corrected chi connectivity index (χ3v) is 3.55. The van der Waals surface area contributed by atoms with Crippen LogP contribution in [0.15, 0.2) is 18.5 Å². The summed E-state index contributed by atoms with van der Waals surface area (Å²) in [4.78, 5) is 15.2. The van der Waals surface area contributed by atoms with Gasteiger partial charge in [0.2, 0.25) is 0 Å². The van der Waals surface area contributed by atoms with Crippen LogP contribution in [-0.4, -0.2) is 22.1 Å². The third kappa shape index (κ3) is 2.15. The Balaban J connectivity index is 2.38. The van der Waals surface area contributed by atoms with Crippen molar-refractivity contribution in [2.75, 3.05) is 0 Å². The number of nitrogens with two attached hydrogens (primary N) is 1. The molecule has 92 valence electrons. The SMILES string of the molecule is NC1CCC(C(=O)O)(c2cncc(F)c2)CC1. The van der Waals surface area contributed by atoms with Crippen LogP contribution in [0.5, 0.6) is 0 Å². The number of carboxylic acids is 1. The molecule has 0 radical (unpaired) electrons. The molecule has 1 aliphatic carbocycles. The average Bonchev–Trinajstić information content (AvgIpc) is 2.30. The second-order valence-corrected chi connectivity index (χ2v) is 4.62. The van der Waals surface area contributed by atoms with Gasteiger partial charge in [0.25, 0.3) is 0 Å². The van der Waals surface area contributed by atoms with E-state index >= 15 is 0 Å². The predicted octanol–water partition coefficient (Wildman–Crippen LogP) is 1.44. The molecule has 0 amide bonds. The van der Waals surface area contributed by atoms with Crippen LogP contribution >= 0.6 is 0 Å². The third-order valence-electron chi connectivity index (χ3n) is 3.55. The first-order valence-electron chi connectivity index (χ1n) is 5.64. The van der Waals surface area contributed by atoms with E-state index in [1.165, 1.54) is 12.3 Å². The first-order valence-corrected chi connectivity index (χ1v) is 5.64. The topological polar surface area (TPSA) is 76.2 Å². The van der Waals surface area contributed by atoms with Crippen molar-refractivity contribution in [3.05, 3.63) is 29.8 Å². The minimum absolute atomic E-state index is 0.0454. The summed E-state index contributed by atoms with van der Waals surface area (Å²) in [7, 11) is 0. The molecule has 1 aromatic rings. The van der Waals surface area contributed by atoms with Gasteiger partial charge in [0.05, 0.1) is 11.6 Å². The summed E-state index contributed by atoms with van der Waals surface area (Å²) >= 11 is 0. The zero-order valence-corrected chi connectivity index (χ0v) is 9.40. The highest BCUT2D eigenvalue weighted by atomic mass is 19.1. The van der Waals surface area contributed by atoms with E-state index in [-0.39, 0.29) is 6.04 Å². The smallest absolute Gasteiger partial charge is 0.314 e. The number of aliphatic carboxylic acids is 1. The van der Waals surface area contributed by atoms with Crippen LogP contribution in [0.3, 0.4) is 0 Å². The van der Waals surface area contributed by atoms with Gasteiger partial charge < -0.3 is 10.8 Å². The summed E-state index contributed by atoms with van der Waals surface area (Å²) < 4.78 is 13.2. The average molecular weight is 238 g/mol. The van der Waals surface area contributed by atoms with E-state index in [1.807, 2.05) is 0 Å². The second-order valence-electron chi connectivity index (χ2n) is 4.62. The largest absolute Gasteiger partial charge is 0.481 e. The quantitative estimate of drug-likeness (QED) is 0.817. The van der Waals surface area contributed by atoms with Crippen molar-refractivity contribution in [3.63, 3.8) is 0 Å². The first kappa shape index (κ1) is 12.0. The van der Waals surface area contributed by atoms with Crippen molar-refractivity contribution in [2.45, 2.75) is 37.1 Å². The van der Waals surface area contributed by atoms with Gasteiger partial charge in [-0.2, -0.15) is 0 Å². The molecule has 0 atom stereocenters. The maximum atomic E-state index is 13.2.